The zero-order valence-corrected chi connectivity index (χ0v) is 24.7. The number of amides is 1. The van der Waals surface area contributed by atoms with Crippen molar-refractivity contribution in [3.8, 4) is 10.8 Å². The predicted octanol–water partition coefficient (Wildman–Crippen LogP) is 3.15. The molecule has 13 heteroatoms. The first-order chi connectivity index (χ1) is 19.9. The highest BCUT2D eigenvalue weighted by atomic mass is 32.1. The Morgan fingerprint density at radius 2 is 1.98 bits per heavy atom. The third-order valence-corrected chi connectivity index (χ3v) is 9.25. The summed E-state index contributed by atoms with van der Waals surface area (Å²) in [7, 11) is 1.46. The first-order valence-corrected chi connectivity index (χ1v) is 14.5. The van der Waals surface area contributed by atoms with Crippen LogP contribution >= 0.6 is 11.3 Å². The van der Waals surface area contributed by atoms with Crippen LogP contribution in [0, 0.1) is 12.7 Å². The van der Waals surface area contributed by atoms with E-state index in [1.165, 1.54) is 55.1 Å². The van der Waals surface area contributed by atoms with E-state index in [-0.39, 0.29) is 18.0 Å². The maximum absolute atomic E-state index is 14.6. The van der Waals surface area contributed by atoms with Gasteiger partial charge in [-0.3, -0.25) is 14.2 Å². The summed E-state index contributed by atoms with van der Waals surface area (Å²) in [6.45, 7) is 4.47. The van der Waals surface area contributed by atoms with E-state index in [2.05, 4.69) is 5.10 Å². The van der Waals surface area contributed by atoms with Crippen LogP contribution in [0.15, 0.2) is 46.2 Å². The summed E-state index contributed by atoms with van der Waals surface area (Å²) in [6.07, 6.45) is 4.03. The number of nitrogens with zero attached hydrogens (tertiary/aromatic N) is 4. The average molecular weight is 600 g/mol. The first kappa shape index (κ1) is 29.7. The smallest absolute Gasteiger partial charge is 0.333 e. The molecule has 0 bridgehead atoms. The number of rotatable bonds is 9. The minimum absolute atomic E-state index is 0.123. The molecule has 11 nitrogen and oxygen atoms in total. The average Bonchev–Trinajstić information content (AvgIpc) is 3.59. The Labute approximate surface area is 244 Å². The van der Waals surface area contributed by atoms with Crippen LogP contribution < -0.4 is 21.7 Å². The van der Waals surface area contributed by atoms with Crippen LogP contribution in [-0.4, -0.2) is 49.2 Å². The molecule has 3 aromatic heterocycles. The molecule has 1 aliphatic carbocycles. The number of benzene rings is 1. The molecule has 0 saturated heterocycles. The zero-order chi connectivity index (χ0) is 30.3. The van der Waals surface area contributed by atoms with Crippen LogP contribution in [0.3, 0.4) is 0 Å². The van der Waals surface area contributed by atoms with Crippen molar-refractivity contribution in [3.63, 3.8) is 0 Å². The Kier molecular flexibility index (Phi) is 8.10. The minimum atomic E-state index is -1.66. The number of hydrogen-bond donors (Lipinski definition) is 2. The number of primary amides is 1. The molecule has 0 radical (unpaired) electrons. The second-order valence-electron chi connectivity index (χ2n) is 11.1. The number of methoxy groups -OCH3 is 1. The molecule has 1 fully saturated rings. The van der Waals surface area contributed by atoms with Gasteiger partial charge in [-0.15, -0.1) is 0 Å². The molecule has 1 saturated carbocycles. The van der Waals surface area contributed by atoms with Crippen molar-refractivity contribution in [1.82, 2.24) is 18.9 Å². The molecular formula is C29H34FN5O6S. The van der Waals surface area contributed by atoms with Crippen LogP contribution in [0.4, 0.5) is 4.39 Å². The molecular weight excluding hydrogens is 565 g/mol. The number of carbonyl (C=O) groups excluding carboxylic acids is 1. The van der Waals surface area contributed by atoms with Crippen molar-refractivity contribution >= 4 is 27.5 Å². The van der Waals surface area contributed by atoms with Gasteiger partial charge in [0.15, 0.2) is 0 Å². The topological polar surface area (TPSA) is 144 Å². The molecule has 3 heterocycles. The van der Waals surface area contributed by atoms with Gasteiger partial charge in [-0.25, -0.2) is 18.4 Å². The summed E-state index contributed by atoms with van der Waals surface area (Å²) in [6, 6.07) is 5.82. The molecule has 1 aliphatic rings. The Hall–Kier alpha value is -3.81. The normalized spacial score (nSPS) is 18.3. The van der Waals surface area contributed by atoms with Crippen LogP contribution in [0.1, 0.15) is 56.8 Å². The van der Waals surface area contributed by atoms with Crippen molar-refractivity contribution < 1.29 is 23.8 Å². The molecule has 1 aromatic carbocycles. The third kappa shape index (κ3) is 5.27. The minimum Gasteiger partial charge on any atom is -0.496 e. The number of nitrogens with two attached hydrogens (primary N) is 1. The molecule has 224 valence electrons. The van der Waals surface area contributed by atoms with Crippen molar-refractivity contribution in [1.29, 1.82) is 0 Å². The maximum atomic E-state index is 14.6. The van der Waals surface area contributed by atoms with Crippen molar-refractivity contribution in [2.45, 2.75) is 76.9 Å². The van der Waals surface area contributed by atoms with Gasteiger partial charge in [0.25, 0.3) is 5.56 Å². The van der Waals surface area contributed by atoms with E-state index in [0.29, 0.717) is 52.4 Å². The van der Waals surface area contributed by atoms with Gasteiger partial charge in [0.1, 0.15) is 33.0 Å². The molecule has 0 spiro atoms. The Balaban J connectivity index is 1.75. The summed E-state index contributed by atoms with van der Waals surface area (Å²) >= 11 is 1.20. The number of hydrogen-bond acceptors (Lipinski definition) is 8. The second kappa shape index (κ2) is 11.5. The first-order valence-electron chi connectivity index (χ1n) is 13.7. The third-order valence-electron chi connectivity index (χ3n) is 7.95. The van der Waals surface area contributed by atoms with Gasteiger partial charge in [0, 0.05) is 23.5 Å². The quantitative estimate of drug-likeness (QED) is 0.301. The summed E-state index contributed by atoms with van der Waals surface area (Å²) in [5.74, 6) is -0.996. The van der Waals surface area contributed by atoms with Crippen LogP contribution in [0.2, 0.25) is 0 Å². The summed E-state index contributed by atoms with van der Waals surface area (Å²) in [5, 5.41) is 15.2. The number of thiophene rings is 1. The van der Waals surface area contributed by atoms with E-state index in [4.69, 9.17) is 15.2 Å². The van der Waals surface area contributed by atoms with Crippen LogP contribution in [0.5, 0.6) is 5.75 Å². The highest BCUT2D eigenvalue weighted by Gasteiger charge is 2.35. The molecule has 5 rings (SSSR count). The van der Waals surface area contributed by atoms with Crippen LogP contribution in [-0.2, 0) is 21.6 Å². The molecule has 0 aliphatic heterocycles. The van der Waals surface area contributed by atoms with E-state index in [0.717, 1.165) is 4.57 Å². The molecule has 4 aromatic rings. The summed E-state index contributed by atoms with van der Waals surface area (Å²) < 4.78 is 30.6. The van der Waals surface area contributed by atoms with Crippen LogP contribution in [0.25, 0.3) is 15.2 Å². The van der Waals surface area contributed by atoms with E-state index in [1.807, 2.05) is 0 Å². The molecule has 42 heavy (non-hydrogen) atoms. The number of aliphatic hydroxyl groups excluding tert-OH is 1. The van der Waals surface area contributed by atoms with Crippen molar-refractivity contribution in [2.24, 2.45) is 5.73 Å². The van der Waals surface area contributed by atoms with Gasteiger partial charge in [0.2, 0.25) is 5.91 Å². The lowest BCUT2D eigenvalue weighted by Crippen LogP contribution is -2.54. The van der Waals surface area contributed by atoms with Gasteiger partial charge in [-0.2, -0.15) is 5.10 Å². The number of aryl methyl sites for hydroxylation is 1. The lowest BCUT2D eigenvalue weighted by Gasteiger charge is -2.31. The Morgan fingerprint density at radius 1 is 1.26 bits per heavy atom. The number of aromatic nitrogens is 4. The van der Waals surface area contributed by atoms with Gasteiger partial charge in [0.05, 0.1) is 31.2 Å². The lowest BCUT2D eigenvalue weighted by atomic mass is 9.94. The van der Waals surface area contributed by atoms with E-state index in [9.17, 15) is 23.9 Å². The SMILES string of the molecule is COc1ccc(F)cc1[C@H](Cn1c(=O)n(C(C)(C)C(N)=O)c(=O)c2c(C)c(-n3cccn3)sc21)O[C@H]1CC[C@H](O)CC1. The van der Waals surface area contributed by atoms with E-state index >= 15 is 0 Å². The van der Waals surface area contributed by atoms with Crippen molar-refractivity contribution in [2.75, 3.05) is 7.11 Å². The number of aliphatic hydroxyl groups is 1. The number of carbonyl (C=O) groups is 1. The monoisotopic (exact) mass is 599 g/mol. The fraction of sp³-hybridized carbons (Fsp3) is 0.448. The summed E-state index contributed by atoms with van der Waals surface area (Å²) in [5.41, 5.74) is 3.58. The molecule has 0 unspecified atom stereocenters. The fourth-order valence-corrected chi connectivity index (χ4v) is 6.70. The number of ether oxygens (including phenoxy) is 2. The Bertz CT molecular complexity index is 1730. The molecule has 3 N–H and O–H groups in total. The maximum Gasteiger partial charge on any atom is 0.333 e. The van der Waals surface area contributed by atoms with E-state index in [1.54, 1.807) is 30.1 Å². The predicted molar refractivity (Wildman–Crippen MR) is 156 cm³/mol. The van der Waals surface area contributed by atoms with Gasteiger partial charge in [-0.1, -0.05) is 11.3 Å². The highest BCUT2D eigenvalue weighted by molar-refractivity contribution is 7.21. The summed E-state index contributed by atoms with van der Waals surface area (Å²) in [4.78, 5) is 41.0. The highest BCUT2D eigenvalue weighted by Crippen LogP contribution is 2.36. The van der Waals surface area contributed by atoms with E-state index < -0.39 is 40.7 Å². The number of halogens is 1. The van der Waals surface area contributed by atoms with Gasteiger partial charge in [-0.05, 0) is 70.7 Å². The molecule has 1 atom stereocenters. The fourth-order valence-electron chi connectivity index (χ4n) is 5.46. The van der Waals surface area contributed by atoms with Gasteiger partial charge >= 0.3 is 5.69 Å². The second-order valence-corrected chi connectivity index (χ2v) is 12.0. The van der Waals surface area contributed by atoms with Crippen molar-refractivity contribution in [3.05, 3.63) is 74.4 Å². The van der Waals surface area contributed by atoms with Gasteiger partial charge < -0.3 is 20.3 Å². The molecule has 1 amide bonds. The number of fused-ring (bicyclic) bond motifs is 1. The zero-order valence-electron chi connectivity index (χ0n) is 23.9. The Morgan fingerprint density at radius 3 is 2.60 bits per heavy atom. The lowest BCUT2D eigenvalue weighted by molar-refractivity contribution is -0.125. The standard InChI is InChI=1S/C29H34FN5O6S/c1-16-23-24(37)35(29(2,3)27(31)38)28(39)33(26(23)42-25(16)34-13-5-12-32-34)15-22(41-19-9-7-18(36)8-10-19)20-14-17(30)6-11-21(20)40-4/h5-6,11-14,18-19,22,36H,7-10,15H2,1-4H3,(H2,31,38)/t18-,19-,22-/m0/s1. The largest absolute Gasteiger partial charge is 0.496 e.